The van der Waals surface area contributed by atoms with Crippen molar-refractivity contribution in [1.82, 2.24) is 5.32 Å². The van der Waals surface area contributed by atoms with Gasteiger partial charge >= 0.3 is 0 Å². The van der Waals surface area contributed by atoms with Gasteiger partial charge in [-0.1, -0.05) is 58.7 Å². The first-order valence-corrected chi connectivity index (χ1v) is 11.7. The van der Waals surface area contributed by atoms with Crippen molar-refractivity contribution in [1.29, 1.82) is 0 Å². The highest BCUT2D eigenvalue weighted by Gasteiger charge is 2.32. The van der Waals surface area contributed by atoms with Gasteiger partial charge in [-0.25, -0.2) is 4.99 Å². The molecule has 0 saturated heterocycles. The van der Waals surface area contributed by atoms with Crippen LogP contribution >= 0.6 is 35.0 Å². The summed E-state index contributed by atoms with van der Waals surface area (Å²) in [6.07, 6.45) is 4.03. The van der Waals surface area contributed by atoms with Crippen molar-refractivity contribution in [3.8, 4) is 0 Å². The van der Waals surface area contributed by atoms with Crippen LogP contribution in [0.5, 0.6) is 0 Å². The number of aryl methyl sites for hydroxylation is 1. The van der Waals surface area contributed by atoms with Gasteiger partial charge in [0.1, 0.15) is 5.70 Å². The monoisotopic (exact) mass is 473 g/mol. The predicted molar refractivity (Wildman–Crippen MR) is 129 cm³/mol. The molecule has 0 unspecified atom stereocenters. The van der Waals surface area contributed by atoms with Crippen LogP contribution in [0.4, 0.5) is 5.69 Å². The summed E-state index contributed by atoms with van der Waals surface area (Å²) >= 11 is 13.3. The first kappa shape index (κ1) is 21.9. The summed E-state index contributed by atoms with van der Waals surface area (Å²) < 4.78 is 0. The Labute approximate surface area is 195 Å². The number of nitrogens with zero attached hydrogens (tertiary/aromatic N) is 2. The molecule has 4 rings (SSSR count). The molecule has 0 spiro atoms. The lowest BCUT2D eigenvalue weighted by atomic mass is 10.2. The van der Waals surface area contributed by atoms with E-state index >= 15 is 0 Å². The van der Waals surface area contributed by atoms with Crippen LogP contribution in [0.2, 0.25) is 10.0 Å². The van der Waals surface area contributed by atoms with Crippen LogP contribution in [0.15, 0.2) is 53.2 Å². The Balaban J connectivity index is 1.57. The molecule has 2 aliphatic rings. The van der Waals surface area contributed by atoms with Crippen LogP contribution in [-0.2, 0) is 9.59 Å². The van der Waals surface area contributed by atoms with Crippen LogP contribution in [0.1, 0.15) is 24.0 Å². The number of hydrogen-bond acceptors (Lipinski definition) is 4. The summed E-state index contributed by atoms with van der Waals surface area (Å²) in [5.74, 6) is 0.499. The zero-order chi connectivity index (χ0) is 22.0. The average Bonchev–Trinajstić information content (AvgIpc) is 3.53. The zero-order valence-corrected chi connectivity index (χ0v) is 19.2. The molecule has 31 heavy (non-hydrogen) atoms. The van der Waals surface area contributed by atoms with Crippen molar-refractivity contribution in [2.24, 2.45) is 10.9 Å². The minimum absolute atomic E-state index is 0.0576. The summed E-state index contributed by atoms with van der Waals surface area (Å²) in [6.45, 7) is 2.70. The molecule has 1 aliphatic heterocycles. The minimum atomic E-state index is -0.254. The SMILES string of the molecule is Cc1ccc(N2C(=O)/C(=C\c3ccc(Cl)c(Cl)c3)N=C2SCC(=O)NCC2CC2)cc1. The lowest BCUT2D eigenvalue weighted by Crippen LogP contribution is -2.32. The van der Waals surface area contributed by atoms with Gasteiger partial charge < -0.3 is 5.32 Å². The molecule has 2 aromatic carbocycles. The quantitative estimate of drug-likeness (QED) is 0.578. The number of carbonyl (C=O) groups excluding carboxylic acids is 2. The molecule has 1 saturated carbocycles. The fraction of sp³-hybridized carbons (Fsp3) is 0.261. The smallest absolute Gasteiger partial charge is 0.283 e. The Morgan fingerprint density at radius 3 is 2.61 bits per heavy atom. The van der Waals surface area contributed by atoms with Crippen molar-refractivity contribution in [3.05, 3.63) is 69.3 Å². The molecule has 2 aromatic rings. The van der Waals surface area contributed by atoms with Crippen molar-refractivity contribution in [2.45, 2.75) is 19.8 Å². The summed E-state index contributed by atoms with van der Waals surface area (Å²) in [7, 11) is 0. The van der Waals surface area contributed by atoms with Gasteiger partial charge in [-0.3, -0.25) is 14.5 Å². The van der Waals surface area contributed by atoms with E-state index in [-0.39, 0.29) is 23.3 Å². The lowest BCUT2D eigenvalue weighted by Gasteiger charge is -2.18. The number of nitrogens with one attached hydrogen (secondary N) is 1. The second kappa shape index (κ2) is 9.47. The van der Waals surface area contributed by atoms with Gasteiger partial charge in [0, 0.05) is 6.54 Å². The molecule has 160 valence electrons. The molecule has 0 bridgehead atoms. The first-order chi connectivity index (χ1) is 14.9. The van der Waals surface area contributed by atoms with Crippen LogP contribution in [0.25, 0.3) is 6.08 Å². The molecule has 1 N–H and O–H groups in total. The van der Waals surface area contributed by atoms with Crippen LogP contribution < -0.4 is 10.2 Å². The van der Waals surface area contributed by atoms with Crippen molar-refractivity contribution in [3.63, 3.8) is 0 Å². The maximum Gasteiger partial charge on any atom is 0.283 e. The molecule has 1 fully saturated rings. The van der Waals surface area contributed by atoms with Crippen molar-refractivity contribution in [2.75, 3.05) is 17.2 Å². The number of aliphatic imine (C=N–C) groups is 1. The number of amidine groups is 1. The standard InChI is InChI=1S/C23H21Cl2N3O2S/c1-14-2-7-17(8-3-14)28-22(30)20(11-16-6-9-18(24)19(25)10-16)27-23(28)31-13-21(29)26-12-15-4-5-15/h2-3,6-11,15H,4-5,12-13H2,1H3,(H,26,29)/b20-11+. The van der Waals surface area contributed by atoms with Crippen molar-refractivity contribution >= 4 is 63.7 Å². The number of carbonyl (C=O) groups is 2. The lowest BCUT2D eigenvalue weighted by molar-refractivity contribution is -0.118. The molecule has 1 aliphatic carbocycles. The maximum absolute atomic E-state index is 13.2. The molecular formula is C23H21Cl2N3O2S. The zero-order valence-electron chi connectivity index (χ0n) is 16.9. The van der Waals surface area contributed by atoms with E-state index in [9.17, 15) is 9.59 Å². The Kier molecular flexibility index (Phi) is 6.70. The van der Waals surface area contributed by atoms with E-state index in [0.717, 1.165) is 17.7 Å². The van der Waals surface area contributed by atoms with Gasteiger partial charge in [0.15, 0.2) is 5.17 Å². The van der Waals surface area contributed by atoms with Crippen LogP contribution in [-0.4, -0.2) is 29.3 Å². The number of rotatable bonds is 6. The number of amides is 2. The van der Waals surface area contributed by atoms with Crippen LogP contribution in [0, 0.1) is 12.8 Å². The fourth-order valence-corrected chi connectivity index (χ4v) is 4.19. The maximum atomic E-state index is 13.2. The Morgan fingerprint density at radius 2 is 1.94 bits per heavy atom. The molecule has 0 atom stereocenters. The van der Waals surface area contributed by atoms with E-state index in [1.807, 2.05) is 31.2 Å². The molecule has 0 aromatic heterocycles. The normalized spacial score (nSPS) is 17.3. The number of hydrogen-bond donors (Lipinski definition) is 1. The third kappa shape index (κ3) is 5.50. The van der Waals surface area contributed by atoms with E-state index in [4.69, 9.17) is 23.2 Å². The van der Waals surface area contributed by atoms with Gasteiger partial charge in [-0.05, 0) is 61.6 Å². The third-order valence-corrected chi connectivity index (χ3v) is 6.66. The van der Waals surface area contributed by atoms with Gasteiger partial charge in [0.25, 0.3) is 5.91 Å². The number of thioether (sulfide) groups is 1. The highest BCUT2D eigenvalue weighted by molar-refractivity contribution is 8.14. The van der Waals surface area contributed by atoms with E-state index in [2.05, 4.69) is 10.3 Å². The van der Waals surface area contributed by atoms with Gasteiger partial charge in [-0.15, -0.1) is 0 Å². The first-order valence-electron chi connectivity index (χ1n) is 9.97. The fourth-order valence-electron chi connectivity index (χ4n) is 3.04. The Bertz CT molecular complexity index is 1080. The average molecular weight is 474 g/mol. The highest BCUT2D eigenvalue weighted by Crippen LogP contribution is 2.31. The minimum Gasteiger partial charge on any atom is -0.355 e. The second-order valence-corrected chi connectivity index (χ2v) is 9.37. The van der Waals surface area contributed by atoms with E-state index < -0.39 is 0 Å². The predicted octanol–water partition coefficient (Wildman–Crippen LogP) is 5.30. The Hall–Kier alpha value is -2.28. The molecule has 5 nitrogen and oxygen atoms in total. The van der Waals surface area contributed by atoms with E-state index in [1.54, 1.807) is 29.2 Å². The second-order valence-electron chi connectivity index (χ2n) is 7.61. The van der Waals surface area contributed by atoms with E-state index in [1.165, 1.54) is 24.6 Å². The van der Waals surface area contributed by atoms with Gasteiger partial charge in [0.05, 0.1) is 21.5 Å². The number of anilines is 1. The molecule has 0 radical (unpaired) electrons. The largest absolute Gasteiger partial charge is 0.355 e. The van der Waals surface area contributed by atoms with Gasteiger partial charge in [-0.2, -0.15) is 0 Å². The molecule has 2 amide bonds. The third-order valence-electron chi connectivity index (χ3n) is 4.99. The summed E-state index contributed by atoms with van der Waals surface area (Å²) in [5.41, 5.74) is 2.80. The number of benzene rings is 2. The van der Waals surface area contributed by atoms with Gasteiger partial charge in [0.2, 0.25) is 5.91 Å². The summed E-state index contributed by atoms with van der Waals surface area (Å²) in [4.78, 5) is 31.5. The number of halogens is 2. The Morgan fingerprint density at radius 1 is 1.19 bits per heavy atom. The van der Waals surface area contributed by atoms with Crippen LogP contribution in [0.3, 0.4) is 0 Å². The highest BCUT2D eigenvalue weighted by atomic mass is 35.5. The summed E-state index contributed by atoms with van der Waals surface area (Å²) in [5, 5.41) is 4.27. The molecular weight excluding hydrogens is 453 g/mol. The molecule has 8 heteroatoms. The van der Waals surface area contributed by atoms with Crippen molar-refractivity contribution < 1.29 is 9.59 Å². The topological polar surface area (TPSA) is 61.8 Å². The summed E-state index contributed by atoms with van der Waals surface area (Å²) in [6, 6.07) is 12.8. The van der Waals surface area contributed by atoms with E-state index in [0.29, 0.717) is 26.8 Å². The molecule has 1 heterocycles.